The van der Waals surface area contributed by atoms with Crippen LogP contribution >= 0.6 is 11.6 Å². The zero-order chi connectivity index (χ0) is 11.7. The molecule has 0 aromatic heterocycles. The van der Waals surface area contributed by atoms with Crippen molar-refractivity contribution < 1.29 is 9.59 Å². The van der Waals surface area contributed by atoms with E-state index in [0.717, 1.165) is 0 Å². The van der Waals surface area contributed by atoms with Gasteiger partial charge in [-0.2, -0.15) is 4.99 Å². The molecule has 1 aromatic rings. The van der Waals surface area contributed by atoms with Gasteiger partial charge < -0.3 is 11.1 Å². The van der Waals surface area contributed by atoms with Crippen molar-refractivity contribution in [1.82, 2.24) is 5.32 Å². The summed E-state index contributed by atoms with van der Waals surface area (Å²) in [5, 5.41) is 2.84. The lowest BCUT2D eigenvalue weighted by Gasteiger charge is -2.17. The molecule has 16 heavy (non-hydrogen) atoms. The minimum Gasteiger partial charge on any atom is -0.312 e. The van der Waals surface area contributed by atoms with Crippen LogP contribution in [0, 0.1) is 0 Å². The molecule has 0 radical (unpaired) electrons. The number of hydrogen-bond donors (Lipinski definition) is 2. The maximum Gasteiger partial charge on any atom is 0.274 e. The number of hydrogen-bond acceptors (Lipinski definition) is 3. The van der Waals surface area contributed by atoms with Gasteiger partial charge in [0.25, 0.3) is 11.8 Å². The normalized spacial score (nSPS) is 20.4. The molecule has 1 atom stereocenters. The van der Waals surface area contributed by atoms with Crippen LogP contribution < -0.4 is 11.1 Å². The Hall–Kier alpha value is -1.72. The van der Waals surface area contributed by atoms with Gasteiger partial charge in [-0.1, -0.05) is 23.7 Å². The summed E-state index contributed by atoms with van der Waals surface area (Å²) < 4.78 is 0. The van der Waals surface area contributed by atoms with E-state index >= 15 is 0 Å². The lowest BCUT2D eigenvalue weighted by molar-refractivity contribution is -0.129. The van der Waals surface area contributed by atoms with Crippen molar-refractivity contribution in [3.8, 4) is 0 Å². The molecule has 0 fully saturated rings. The van der Waals surface area contributed by atoms with Crippen molar-refractivity contribution in [2.75, 3.05) is 0 Å². The monoisotopic (exact) mass is 237 g/mol. The molecule has 6 heteroatoms. The van der Waals surface area contributed by atoms with E-state index < -0.39 is 17.9 Å². The number of rotatable bonds is 1. The fraction of sp³-hybridized carbons (Fsp3) is 0.100. The third kappa shape index (κ3) is 1.82. The number of nitrogens with two attached hydrogens (primary N) is 1. The van der Waals surface area contributed by atoms with Gasteiger partial charge in [0.15, 0.2) is 6.04 Å². The molecule has 2 rings (SSSR count). The topological polar surface area (TPSA) is 84.6 Å². The van der Waals surface area contributed by atoms with E-state index in [9.17, 15) is 9.59 Å². The Bertz CT molecular complexity index is 499. The molecule has 1 aliphatic rings. The van der Waals surface area contributed by atoms with Gasteiger partial charge in [-0.25, -0.2) is 0 Å². The Morgan fingerprint density at radius 1 is 1.31 bits per heavy atom. The largest absolute Gasteiger partial charge is 0.312 e. The minimum atomic E-state index is -1.23. The summed E-state index contributed by atoms with van der Waals surface area (Å²) in [6.45, 7) is 0. The molecule has 1 aliphatic heterocycles. The Morgan fingerprint density at radius 2 is 2.00 bits per heavy atom. The Morgan fingerprint density at radius 3 is 2.62 bits per heavy atom. The van der Waals surface area contributed by atoms with Gasteiger partial charge in [-0.05, 0) is 12.1 Å². The lowest BCUT2D eigenvalue weighted by Crippen LogP contribution is -2.52. The van der Waals surface area contributed by atoms with Crippen molar-refractivity contribution >= 4 is 29.3 Å². The molecule has 0 aliphatic carbocycles. The maximum absolute atomic E-state index is 11.3. The predicted molar refractivity (Wildman–Crippen MR) is 59.1 cm³/mol. The van der Waals surface area contributed by atoms with Crippen LogP contribution in [0.5, 0.6) is 0 Å². The zero-order valence-corrected chi connectivity index (χ0v) is 8.86. The number of carbonyl (C=O) groups is 2. The number of benzene rings is 1. The molecular weight excluding hydrogens is 230 g/mol. The Labute approximate surface area is 96.3 Å². The van der Waals surface area contributed by atoms with E-state index in [2.05, 4.69) is 10.3 Å². The van der Waals surface area contributed by atoms with Crippen LogP contribution in [0.4, 0.5) is 0 Å². The Kier molecular flexibility index (Phi) is 2.72. The van der Waals surface area contributed by atoms with E-state index in [0.29, 0.717) is 10.6 Å². The molecule has 0 saturated carbocycles. The van der Waals surface area contributed by atoms with Crippen LogP contribution in [0.25, 0.3) is 0 Å². The molecule has 5 nitrogen and oxygen atoms in total. The number of carbonyl (C=O) groups excluding carboxylic acids is 2. The molecule has 0 bridgehead atoms. The smallest absolute Gasteiger partial charge is 0.274 e. The van der Waals surface area contributed by atoms with Gasteiger partial charge in [-0.3, -0.25) is 9.59 Å². The first kappa shape index (κ1) is 10.8. The molecule has 1 heterocycles. The molecular formula is C10H8ClN3O2. The van der Waals surface area contributed by atoms with Gasteiger partial charge in [0.05, 0.1) is 5.02 Å². The summed E-state index contributed by atoms with van der Waals surface area (Å²) in [4.78, 5) is 26.3. The fourth-order valence-corrected chi connectivity index (χ4v) is 1.52. The SMILES string of the molecule is NC1C(=O)N=C(c2ccccc2Cl)NC1=O. The molecule has 1 unspecified atom stereocenters. The molecule has 1 aromatic carbocycles. The second kappa shape index (κ2) is 4.03. The van der Waals surface area contributed by atoms with E-state index in [1.807, 2.05) is 0 Å². The fourth-order valence-electron chi connectivity index (χ4n) is 1.30. The van der Waals surface area contributed by atoms with E-state index in [1.54, 1.807) is 24.3 Å². The van der Waals surface area contributed by atoms with Gasteiger partial charge in [0.1, 0.15) is 5.84 Å². The number of aliphatic imine (C=N–C) groups is 1. The number of nitrogens with zero attached hydrogens (tertiary/aromatic N) is 1. The molecule has 0 spiro atoms. The molecule has 3 N–H and O–H groups in total. The molecule has 82 valence electrons. The Balaban J connectivity index is 2.44. The van der Waals surface area contributed by atoms with Gasteiger partial charge in [-0.15, -0.1) is 0 Å². The summed E-state index contributed by atoms with van der Waals surface area (Å²) in [7, 11) is 0. The summed E-state index contributed by atoms with van der Waals surface area (Å²) in [5.74, 6) is -1.10. The molecule has 0 saturated heterocycles. The summed E-state index contributed by atoms with van der Waals surface area (Å²) in [6, 6.07) is 5.54. The van der Waals surface area contributed by atoms with E-state index in [1.165, 1.54) is 0 Å². The number of halogens is 1. The van der Waals surface area contributed by atoms with Crippen LogP contribution in [0.2, 0.25) is 5.02 Å². The van der Waals surface area contributed by atoms with Crippen molar-refractivity contribution in [3.63, 3.8) is 0 Å². The van der Waals surface area contributed by atoms with Crippen molar-refractivity contribution in [2.45, 2.75) is 6.04 Å². The highest BCUT2D eigenvalue weighted by Crippen LogP contribution is 2.16. The number of nitrogens with one attached hydrogen (secondary N) is 1. The average molecular weight is 238 g/mol. The third-order valence-corrected chi connectivity index (χ3v) is 2.47. The third-order valence-electron chi connectivity index (χ3n) is 2.14. The summed E-state index contributed by atoms with van der Waals surface area (Å²) in [6.07, 6.45) is 0. The average Bonchev–Trinajstić information content (AvgIpc) is 2.26. The van der Waals surface area contributed by atoms with E-state index in [-0.39, 0.29) is 5.84 Å². The lowest BCUT2D eigenvalue weighted by atomic mass is 10.1. The van der Waals surface area contributed by atoms with Gasteiger partial charge in [0.2, 0.25) is 0 Å². The van der Waals surface area contributed by atoms with Crippen molar-refractivity contribution in [2.24, 2.45) is 10.7 Å². The number of amidine groups is 1. The zero-order valence-electron chi connectivity index (χ0n) is 8.11. The first-order valence-electron chi connectivity index (χ1n) is 4.53. The quantitative estimate of drug-likeness (QED) is 0.678. The standard InChI is InChI=1S/C10H8ClN3O2/c11-6-4-2-1-3-5(6)8-13-9(15)7(12)10(16)14-8/h1-4,7H,12H2,(H,13,14,15,16). The second-order valence-electron chi connectivity index (χ2n) is 3.25. The highest BCUT2D eigenvalue weighted by molar-refractivity contribution is 6.35. The van der Waals surface area contributed by atoms with Crippen LogP contribution in [0.3, 0.4) is 0 Å². The predicted octanol–water partition coefficient (Wildman–Crippen LogP) is 0.0703. The second-order valence-corrected chi connectivity index (χ2v) is 3.65. The summed E-state index contributed by atoms with van der Waals surface area (Å²) >= 11 is 5.91. The van der Waals surface area contributed by atoms with Gasteiger partial charge in [0, 0.05) is 5.56 Å². The minimum absolute atomic E-state index is 0.141. The van der Waals surface area contributed by atoms with Crippen LogP contribution in [0.15, 0.2) is 29.3 Å². The highest BCUT2D eigenvalue weighted by atomic mass is 35.5. The number of amides is 2. The molecule has 2 amide bonds. The van der Waals surface area contributed by atoms with Crippen molar-refractivity contribution in [3.05, 3.63) is 34.9 Å². The summed E-state index contributed by atoms with van der Waals surface area (Å²) in [5.41, 5.74) is 5.80. The van der Waals surface area contributed by atoms with Gasteiger partial charge >= 0.3 is 0 Å². The first-order valence-corrected chi connectivity index (χ1v) is 4.91. The van der Waals surface area contributed by atoms with E-state index in [4.69, 9.17) is 17.3 Å². The van der Waals surface area contributed by atoms with Crippen LogP contribution in [0.1, 0.15) is 5.56 Å². The van der Waals surface area contributed by atoms with Crippen molar-refractivity contribution in [1.29, 1.82) is 0 Å². The van der Waals surface area contributed by atoms with Crippen LogP contribution in [-0.4, -0.2) is 23.7 Å². The van der Waals surface area contributed by atoms with Crippen LogP contribution in [-0.2, 0) is 9.59 Å². The maximum atomic E-state index is 11.3. The highest BCUT2D eigenvalue weighted by Gasteiger charge is 2.29. The first-order chi connectivity index (χ1) is 7.59.